The first-order valence-corrected chi connectivity index (χ1v) is 9.60. The first-order valence-electron chi connectivity index (χ1n) is 8.40. The zero-order valence-electron chi connectivity index (χ0n) is 14.0. The van der Waals surface area contributed by atoms with Gasteiger partial charge in [0.1, 0.15) is 11.5 Å². The van der Waals surface area contributed by atoms with Gasteiger partial charge in [-0.3, -0.25) is 4.79 Å². The molecule has 0 saturated carbocycles. The van der Waals surface area contributed by atoms with Gasteiger partial charge in [-0.05, 0) is 35.7 Å². The average molecular weight is 429 g/mol. The summed E-state index contributed by atoms with van der Waals surface area (Å²) in [7, 11) is 0. The van der Waals surface area contributed by atoms with E-state index in [0.29, 0.717) is 0 Å². The van der Waals surface area contributed by atoms with Gasteiger partial charge in [-0.25, -0.2) is 0 Å². The predicted molar refractivity (Wildman–Crippen MR) is 110 cm³/mol. The van der Waals surface area contributed by atoms with Crippen molar-refractivity contribution in [1.29, 1.82) is 0 Å². The van der Waals surface area contributed by atoms with Crippen LogP contribution in [0.4, 0.5) is 0 Å². The van der Waals surface area contributed by atoms with Gasteiger partial charge in [0.05, 0.1) is 5.69 Å². The maximum Gasteiger partial charge on any atom is 0.323 e. The van der Waals surface area contributed by atoms with E-state index in [0.717, 1.165) is 45.6 Å². The molecule has 1 N–H and O–H groups in total. The molecule has 0 radical (unpaired) electrons. The second-order valence-electron chi connectivity index (χ2n) is 6.43. The van der Waals surface area contributed by atoms with E-state index in [2.05, 4.69) is 39.0 Å². The number of carboxylic acid groups (broad SMARTS) is 1. The van der Waals surface area contributed by atoms with Crippen LogP contribution in [-0.4, -0.2) is 32.1 Å². The molecule has 26 heavy (non-hydrogen) atoms. The van der Waals surface area contributed by atoms with E-state index in [1.165, 1.54) is 11.1 Å². The summed E-state index contributed by atoms with van der Waals surface area (Å²) in [6, 6.07) is 16.2. The molecule has 1 aliphatic heterocycles. The molecule has 6 heteroatoms. The highest BCUT2D eigenvalue weighted by Gasteiger charge is 2.28. The number of nitrogens with zero attached hydrogens (tertiary/aromatic N) is 2. The second kappa shape index (κ2) is 6.85. The Hall–Kier alpha value is -2.18. The van der Waals surface area contributed by atoms with Gasteiger partial charge in [-0.2, -0.15) is 0 Å². The molecule has 4 rings (SSSR count). The summed E-state index contributed by atoms with van der Waals surface area (Å²) in [6.45, 7) is 1.48. The molecule has 1 aromatic heterocycles. The lowest BCUT2D eigenvalue weighted by Gasteiger charge is -2.31. The number of fused-ring (bicyclic) bond motifs is 3. The van der Waals surface area contributed by atoms with E-state index in [9.17, 15) is 9.90 Å². The molecule has 0 unspecified atom stereocenters. The van der Waals surface area contributed by atoms with Gasteiger partial charge in [-0.1, -0.05) is 58.5 Å². The minimum Gasteiger partial charge on any atom is -0.480 e. The number of rotatable bonds is 4. The summed E-state index contributed by atoms with van der Waals surface area (Å²) in [5.74, 6) is -0.860. The number of aliphatic carboxylic acids is 1. The van der Waals surface area contributed by atoms with Gasteiger partial charge in [0, 0.05) is 28.5 Å². The maximum absolute atomic E-state index is 11.4. The molecule has 0 aliphatic carbocycles. The summed E-state index contributed by atoms with van der Waals surface area (Å²) in [5, 5.41) is 10.5. The summed E-state index contributed by atoms with van der Waals surface area (Å²) >= 11 is 9.25. The third-order valence-corrected chi connectivity index (χ3v) is 5.76. The summed E-state index contributed by atoms with van der Waals surface area (Å²) < 4.78 is 2.90. The minimum absolute atomic E-state index is 0.0812. The van der Waals surface area contributed by atoms with Crippen LogP contribution in [0.3, 0.4) is 0 Å². The van der Waals surface area contributed by atoms with E-state index in [-0.39, 0.29) is 6.54 Å². The summed E-state index contributed by atoms with van der Waals surface area (Å²) in [4.78, 5) is 14.3. The molecule has 0 amide bonds. The Labute approximate surface area is 165 Å². The lowest BCUT2D eigenvalue weighted by Crippen LogP contribution is -2.37. The van der Waals surface area contributed by atoms with Crippen molar-refractivity contribution >= 4 is 50.0 Å². The van der Waals surface area contributed by atoms with E-state index in [1.807, 2.05) is 34.9 Å². The molecule has 0 atom stereocenters. The number of halogens is 1. The van der Waals surface area contributed by atoms with Crippen molar-refractivity contribution in [3.05, 3.63) is 69.8 Å². The van der Waals surface area contributed by atoms with E-state index < -0.39 is 5.97 Å². The van der Waals surface area contributed by atoms with Gasteiger partial charge in [0.15, 0.2) is 0 Å². The molecule has 2 heterocycles. The molecule has 0 saturated heterocycles. The van der Waals surface area contributed by atoms with Crippen molar-refractivity contribution in [2.45, 2.75) is 19.5 Å². The molecule has 0 bridgehead atoms. The lowest BCUT2D eigenvalue weighted by atomic mass is 10.0. The van der Waals surface area contributed by atoms with Gasteiger partial charge < -0.3 is 14.6 Å². The fraction of sp³-hybridized carbons (Fsp3) is 0.200. The Morgan fingerprint density at radius 1 is 1.15 bits per heavy atom. The minimum atomic E-state index is -0.860. The molecule has 0 fully saturated rings. The van der Waals surface area contributed by atoms with Crippen molar-refractivity contribution < 1.29 is 9.90 Å². The van der Waals surface area contributed by atoms with E-state index in [4.69, 9.17) is 12.2 Å². The molecule has 2 aromatic carbocycles. The van der Waals surface area contributed by atoms with Crippen LogP contribution in [0.2, 0.25) is 0 Å². The Kier molecular flexibility index (Phi) is 4.54. The maximum atomic E-state index is 11.4. The normalized spacial score (nSPS) is 13.9. The van der Waals surface area contributed by atoms with Crippen molar-refractivity contribution in [3.63, 3.8) is 0 Å². The Morgan fingerprint density at radius 3 is 2.62 bits per heavy atom. The monoisotopic (exact) mass is 428 g/mol. The number of benzene rings is 2. The van der Waals surface area contributed by atoms with Gasteiger partial charge >= 0.3 is 5.97 Å². The zero-order valence-corrected chi connectivity index (χ0v) is 16.4. The third-order valence-electron chi connectivity index (χ3n) is 4.78. The first kappa shape index (κ1) is 17.2. The van der Waals surface area contributed by atoms with Crippen LogP contribution < -0.4 is 0 Å². The van der Waals surface area contributed by atoms with Crippen LogP contribution in [0.25, 0.3) is 10.9 Å². The Balaban J connectivity index is 1.75. The number of hydrogen-bond acceptors (Lipinski definition) is 2. The smallest absolute Gasteiger partial charge is 0.323 e. The van der Waals surface area contributed by atoms with Crippen LogP contribution in [0, 0.1) is 0 Å². The topological polar surface area (TPSA) is 45.5 Å². The summed E-state index contributed by atoms with van der Waals surface area (Å²) in [5.41, 5.74) is 4.17. The fourth-order valence-electron chi connectivity index (χ4n) is 3.63. The van der Waals surface area contributed by atoms with Gasteiger partial charge in [0.25, 0.3) is 0 Å². The van der Waals surface area contributed by atoms with Crippen molar-refractivity contribution in [2.24, 2.45) is 0 Å². The number of carbonyl (C=O) groups is 1. The van der Waals surface area contributed by atoms with Crippen molar-refractivity contribution in [2.75, 3.05) is 6.54 Å². The molecule has 4 nitrogen and oxygen atoms in total. The van der Waals surface area contributed by atoms with E-state index >= 15 is 0 Å². The SMILES string of the molecule is O=C(O)Cn1c2c(c3ccccc31)CCN(Cc1ccc(Br)cc1)C2=S. The van der Waals surface area contributed by atoms with Crippen LogP contribution >= 0.6 is 28.1 Å². The average Bonchev–Trinajstić information content (AvgIpc) is 2.93. The lowest BCUT2D eigenvalue weighted by molar-refractivity contribution is -0.137. The molecule has 1 aliphatic rings. The third kappa shape index (κ3) is 3.04. The van der Waals surface area contributed by atoms with Gasteiger partial charge in [-0.15, -0.1) is 0 Å². The van der Waals surface area contributed by atoms with Crippen LogP contribution in [0.1, 0.15) is 16.8 Å². The Bertz CT molecular complexity index is 1010. The Morgan fingerprint density at radius 2 is 1.88 bits per heavy atom. The van der Waals surface area contributed by atoms with Crippen molar-refractivity contribution in [3.8, 4) is 0 Å². The highest BCUT2D eigenvalue weighted by Crippen LogP contribution is 2.32. The standard InChI is InChI=1S/C20H17BrN2O2S/c21-14-7-5-13(6-8-14)11-22-10-9-16-15-3-1-2-4-17(15)23(12-18(24)25)19(16)20(22)26/h1-8H,9-12H2,(H,24,25). The fourth-order valence-corrected chi connectivity index (χ4v) is 4.28. The number of para-hydroxylation sites is 1. The quantitative estimate of drug-likeness (QED) is 0.631. The van der Waals surface area contributed by atoms with Crippen LogP contribution in [0.15, 0.2) is 53.0 Å². The molecular formula is C20H17BrN2O2S. The predicted octanol–water partition coefficient (Wildman–Crippen LogP) is 4.22. The van der Waals surface area contributed by atoms with E-state index in [1.54, 1.807) is 0 Å². The number of hydrogen-bond donors (Lipinski definition) is 1. The van der Waals surface area contributed by atoms with Crippen LogP contribution in [0.5, 0.6) is 0 Å². The number of thiocarbonyl (C=S) groups is 1. The molecule has 0 spiro atoms. The van der Waals surface area contributed by atoms with Gasteiger partial charge in [0.2, 0.25) is 0 Å². The highest BCUT2D eigenvalue weighted by molar-refractivity contribution is 9.10. The largest absolute Gasteiger partial charge is 0.480 e. The highest BCUT2D eigenvalue weighted by atomic mass is 79.9. The zero-order chi connectivity index (χ0) is 18.3. The molecule has 132 valence electrons. The number of carboxylic acids is 1. The second-order valence-corrected chi connectivity index (χ2v) is 7.73. The van der Waals surface area contributed by atoms with Crippen molar-refractivity contribution in [1.82, 2.24) is 9.47 Å². The number of aromatic nitrogens is 1. The van der Waals surface area contributed by atoms with Crippen LogP contribution in [-0.2, 0) is 24.3 Å². The molecular weight excluding hydrogens is 412 g/mol. The summed E-state index contributed by atoms with van der Waals surface area (Å²) in [6.07, 6.45) is 0.860. The first-order chi connectivity index (χ1) is 12.5. The molecule has 3 aromatic rings.